The van der Waals surface area contributed by atoms with Crippen LogP contribution >= 0.6 is 39.9 Å². The van der Waals surface area contributed by atoms with E-state index in [2.05, 4.69) is 31.6 Å². The molecular weight excluding hydrogens is 514 g/mol. The lowest BCUT2D eigenvalue weighted by atomic mass is 10.1. The third-order valence-electron chi connectivity index (χ3n) is 4.11. The zero-order chi connectivity index (χ0) is 18.1. The van der Waals surface area contributed by atoms with E-state index in [9.17, 15) is 9.18 Å². The second-order valence-electron chi connectivity index (χ2n) is 6.05. The van der Waals surface area contributed by atoms with Gasteiger partial charge >= 0.3 is 0 Å². The fourth-order valence-electron chi connectivity index (χ4n) is 2.77. The largest absolute Gasteiger partial charge is 0.357 e. The highest BCUT2D eigenvalue weighted by Gasteiger charge is 2.17. The molecule has 8 heteroatoms. The van der Waals surface area contributed by atoms with Crippen molar-refractivity contribution >= 4 is 51.8 Å². The molecule has 0 bridgehead atoms. The molecule has 0 spiro atoms. The number of rotatable bonds is 7. The minimum atomic E-state index is -0.189. The van der Waals surface area contributed by atoms with Crippen LogP contribution in [0.1, 0.15) is 31.7 Å². The summed E-state index contributed by atoms with van der Waals surface area (Å²) < 4.78 is 14.5. The Balaban J connectivity index is 0.00000338. The monoisotopic (exact) mass is 540 g/mol. The van der Waals surface area contributed by atoms with Crippen molar-refractivity contribution in [3.05, 3.63) is 34.1 Å². The van der Waals surface area contributed by atoms with Crippen molar-refractivity contribution in [3.63, 3.8) is 0 Å². The van der Waals surface area contributed by atoms with Crippen LogP contribution in [-0.2, 0) is 11.2 Å². The first-order valence-corrected chi connectivity index (χ1v) is 9.63. The maximum absolute atomic E-state index is 13.8. The van der Waals surface area contributed by atoms with Gasteiger partial charge in [0.25, 0.3) is 0 Å². The van der Waals surface area contributed by atoms with Crippen LogP contribution < -0.4 is 10.6 Å². The zero-order valence-electron chi connectivity index (χ0n) is 15.1. The van der Waals surface area contributed by atoms with E-state index >= 15 is 0 Å². The predicted molar refractivity (Wildman–Crippen MR) is 118 cm³/mol. The summed E-state index contributed by atoms with van der Waals surface area (Å²) in [5.74, 6) is 0.518. The van der Waals surface area contributed by atoms with E-state index in [-0.39, 0.29) is 42.2 Å². The third-order valence-corrected chi connectivity index (χ3v) is 4.60. The minimum Gasteiger partial charge on any atom is -0.357 e. The molecule has 0 unspecified atom stereocenters. The summed E-state index contributed by atoms with van der Waals surface area (Å²) >= 11 is 3.26. The number of nitrogens with zero attached hydrogens (tertiary/aromatic N) is 2. The Morgan fingerprint density at radius 2 is 2.04 bits per heavy atom. The fraction of sp³-hybridized carbons (Fsp3) is 0.556. The molecule has 0 atom stereocenters. The van der Waals surface area contributed by atoms with E-state index in [0.717, 1.165) is 43.4 Å². The Morgan fingerprint density at radius 1 is 1.31 bits per heavy atom. The second kappa shape index (κ2) is 12.5. The van der Waals surface area contributed by atoms with Crippen molar-refractivity contribution in [2.24, 2.45) is 4.99 Å². The number of carbonyl (C=O) groups is 1. The van der Waals surface area contributed by atoms with Gasteiger partial charge in [-0.05, 0) is 50.3 Å². The average molecular weight is 541 g/mol. The van der Waals surface area contributed by atoms with E-state index in [0.29, 0.717) is 24.5 Å². The summed E-state index contributed by atoms with van der Waals surface area (Å²) in [6, 6.07) is 5.13. The van der Waals surface area contributed by atoms with Crippen LogP contribution in [0.5, 0.6) is 0 Å². The molecule has 1 aliphatic heterocycles. The molecule has 0 aliphatic carbocycles. The lowest BCUT2D eigenvalue weighted by Gasteiger charge is -2.15. The SMILES string of the molecule is CCNC(=NCC(=O)N1CCCC1)NCCCc1ccc(Br)cc1F.I. The number of hydrogen-bond donors (Lipinski definition) is 2. The molecule has 0 aromatic heterocycles. The van der Waals surface area contributed by atoms with Gasteiger partial charge < -0.3 is 15.5 Å². The summed E-state index contributed by atoms with van der Waals surface area (Å²) in [6.07, 6.45) is 3.60. The third kappa shape index (κ3) is 7.77. The van der Waals surface area contributed by atoms with Gasteiger partial charge in [0.1, 0.15) is 12.4 Å². The quantitative estimate of drug-likeness (QED) is 0.241. The lowest BCUT2D eigenvalue weighted by Crippen LogP contribution is -2.39. The Kier molecular flexibility index (Phi) is 11.1. The van der Waals surface area contributed by atoms with E-state index in [4.69, 9.17) is 0 Å². The van der Waals surface area contributed by atoms with Crippen molar-refractivity contribution in [3.8, 4) is 0 Å². The lowest BCUT2D eigenvalue weighted by molar-refractivity contribution is -0.128. The maximum atomic E-state index is 13.8. The Hall–Kier alpha value is -0.900. The van der Waals surface area contributed by atoms with Crippen molar-refractivity contribution in [1.29, 1.82) is 0 Å². The first-order valence-electron chi connectivity index (χ1n) is 8.84. The summed E-state index contributed by atoms with van der Waals surface area (Å²) in [6.45, 7) is 5.23. The molecule has 26 heavy (non-hydrogen) atoms. The summed E-state index contributed by atoms with van der Waals surface area (Å²) in [4.78, 5) is 18.3. The van der Waals surface area contributed by atoms with E-state index in [1.165, 1.54) is 6.07 Å². The molecule has 1 heterocycles. The molecule has 0 radical (unpaired) electrons. The average Bonchev–Trinajstić information content (AvgIpc) is 3.12. The van der Waals surface area contributed by atoms with Gasteiger partial charge in [0.05, 0.1) is 0 Å². The summed E-state index contributed by atoms with van der Waals surface area (Å²) in [5.41, 5.74) is 0.705. The maximum Gasteiger partial charge on any atom is 0.244 e. The number of benzene rings is 1. The van der Waals surface area contributed by atoms with Crippen LogP contribution in [0.4, 0.5) is 4.39 Å². The van der Waals surface area contributed by atoms with Crippen LogP contribution in [0.25, 0.3) is 0 Å². The standard InChI is InChI=1S/C18H26BrFN4O.HI/c1-2-21-18(23-13-17(25)24-10-3-4-11-24)22-9-5-6-14-7-8-15(19)12-16(14)20;/h7-8,12H,2-6,9-11,13H2,1H3,(H2,21,22,23);1H. The molecule has 1 aromatic carbocycles. The molecule has 5 nitrogen and oxygen atoms in total. The molecule has 146 valence electrons. The Labute approximate surface area is 180 Å². The molecule has 0 saturated carbocycles. The number of aliphatic imine (C=N–C) groups is 1. The van der Waals surface area contributed by atoms with Crippen molar-refractivity contribution in [2.45, 2.75) is 32.6 Å². The number of halogens is 3. The number of amides is 1. The number of hydrogen-bond acceptors (Lipinski definition) is 2. The highest BCUT2D eigenvalue weighted by Crippen LogP contribution is 2.16. The van der Waals surface area contributed by atoms with Crippen molar-refractivity contribution in [2.75, 3.05) is 32.7 Å². The summed E-state index contributed by atoms with van der Waals surface area (Å²) in [5, 5.41) is 6.34. The first-order chi connectivity index (χ1) is 12.1. The van der Waals surface area contributed by atoms with Gasteiger partial charge in [-0.2, -0.15) is 0 Å². The van der Waals surface area contributed by atoms with Gasteiger partial charge in [0.15, 0.2) is 5.96 Å². The van der Waals surface area contributed by atoms with Crippen LogP contribution in [0.2, 0.25) is 0 Å². The highest BCUT2D eigenvalue weighted by molar-refractivity contribution is 14.0. The predicted octanol–water partition coefficient (Wildman–Crippen LogP) is 3.32. The van der Waals surface area contributed by atoms with Crippen LogP contribution in [0, 0.1) is 5.82 Å². The van der Waals surface area contributed by atoms with Crippen molar-refractivity contribution < 1.29 is 9.18 Å². The van der Waals surface area contributed by atoms with Crippen LogP contribution in [0.15, 0.2) is 27.7 Å². The fourth-order valence-corrected chi connectivity index (χ4v) is 3.10. The van der Waals surface area contributed by atoms with Gasteiger partial charge in [0.2, 0.25) is 5.91 Å². The first kappa shape index (κ1) is 23.1. The number of likely N-dealkylation sites (tertiary alicyclic amines) is 1. The zero-order valence-corrected chi connectivity index (χ0v) is 19.0. The second-order valence-corrected chi connectivity index (χ2v) is 6.96. The Bertz CT molecular complexity index is 609. The van der Waals surface area contributed by atoms with Gasteiger partial charge in [0, 0.05) is 30.7 Å². The normalized spacial score (nSPS) is 14.1. The van der Waals surface area contributed by atoms with Crippen molar-refractivity contribution in [1.82, 2.24) is 15.5 Å². The number of aryl methyl sites for hydroxylation is 1. The van der Waals surface area contributed by atoms with E-state index < -0.39 is 0 Å². The van der Waals surface area contributed by atoms with Gasteiger partial charge in [-0.15, -0.1) is 24.0 Å². The molecular formula is C18H27BrFIN4O. The topological polar surface area (TPSA) is 56.7 Å². The highest BCUT2D eigenvalue weighted by atomic mass is 127. The van der Waals surface area contributed by atoms with Crippen LogP contribution in [0.3, 0.4) is 0 Å². The molecule has 1 aromatic rings. The van der Waals surface area contributed by atoms with E-state index in [1.807, 2.05) is 17.9 Å². The molecule has 2 rings (SSSR count). The van der Waals surface area contributed by atoms with E-state index in [1.54, 1.807) is 6.07 Å². The molecule has 1 amide bonds. The number of carbonyl (C=O) groups excluding carboxylic acids is 1. The molecule has 1 aliphatic rings. The number of guanidine groups is 1. The smallest absolute Gasteiger partial charge is 0.244 e. The summed E-state index contributed by atoms with van der Waals surface area (Å²) in [7, 11) is 0. The van der Waals surface area contributed by atoms with Gasteiger partial charge in [-0.1, -0.05) is 22.0 Å². The minimum absolute atomic E-state index is 0. The molecule has 1 fully saturated rings. The molecule has 2 N–H and O–H groups in total. The Morgan fingerprint density at radius 3 is 2.69 bits per heavy atom. The number of nitrogens with one attached hydrogen (secondary N) is 2. The molecule has 1 saturated heterocycles. The van der Waals surface area contributed by atoms with Crippen LogP contribution in [-0.4, -0.2) is 49.5 Å². The van der Waals surface area contributed by atoms with Gasteiger partial charge in [-0.3, -0.25) is 4.79 Å². The van der Waals surface area contributed by atoms with Gasteiger partial charge in [-0.25, -0.2) is 9.38 Å².